The van der Waals surface area contributed by atoms with Gasteiger partial charge in [-0.3, -0.25) is 4.68 Å². The fourth-order valence-electron chi connectivity index (χ4n) is 2.78. The van der Waals surface area contributed by atoms with Gasteiger partial charge in [-0.2, -0.15) is 23.4 Å². The maximum Gasteiger partial charge on any atom is 0.416 e. The van der Waals surface area contributed by atoms with Crippen LogP contribution >= 0.6 is 11.9 Å². The highest BCUT2D eigenvalue weighted by Crippen LogP contribution is 2.31. The monoisotopic (exact) mass is 464 g/mol. The molecule has 32 heavy (non-hydrogen) atoms. The van der Waals surface area contributed by atoms with Crippen LogP contribution in [0.1, 0.15) is 40.2 Å². The third kappa shape index (κ3) is 5.82. The molecular weight excluding hydrogens is 437 g/mol. The quantitative estimate of drug-likeness (QED) is 0.328. The molecule has 4 aromatic rings. The average Bonchev–Trinajstić information content (AvgIpc) is 3.47. The Labute approximate surface area is 190 Å². The minimum atomic E-state index is -4.43. The Morgan fingerprint density at radius 3 is 2.47 bits per heavy atom. The summed E-state index contributed by atoms with van der Waals surface area (Å²) >= 11 is 1.31. The molecule has 0 amide bonds. The normalized spacial score (nSPS) is 10.8. The van der Waals surface area contributed by atoms with Gasteiger partial charge in [0.15, 0.2) is 5.82 Å². The number of aryl methyl sites for hydroxylation is 1. The molecular formula is C22H27F3N6S. The number of hydrogen-bond acceptors (Lipinski definition) is 5. The number of pyridine rings is 1. The Bertz CT molecular complexity index is 1120. The Kier molecular flexibility index (Phi) is 9.13. The van der Waals surface area contributed by atoms with Crippen LogP contribution in [0, 0.1) is 0 Å². The van der Waals surface area contributed by atoms with E-state index >= 15 is 0 Å². The molecule has 6 nitrogen and oxygen atoms in total. The lowest BCUT2D eigenvalue weighted by atomic mass is 10.2. The molecule has 0 bridgehead atoms. The summed E-state index contributed by atoms with van der Waals surface area (Å²) in [6, 6.07) is 7.77. The lowest BCUT2D eigenvalue weighted by molar-refractivity contribution is -0.137. The Hall–Kier alpha value is -3.01. The molecule has 1 aromatic carbocycles. The van der Waals surface area contributed by atoms with Crippen molar-refractivity contribution < 1.29 is 13.2 Å². The topological polar surface area (TPSA) is 60.6 Å². The number of nitrogens with one attached hydrogen (secondary N) is 1. The highest BCUT2D eigenvalue weighted by Gasteiger charge is 2.30. The molecule has 0 saturated heterocycles. The lowest BCUT2D eigenvalue weighted by Gasteiger charge is -2.08. The summed E-state index contributed by atoms with van der Waals surface area (Å²) < 4.78 is 45.1. The van der Waals surface area contributed by atoms with E-state index in [4.69, 9.17) is 0 Å². The molecule has 1 N–H and O–H groups in total. The Morgan fingerprint density at radius 1 is 1.03 bits per heavy atom. The van der Waals surface area contributed by atoms with E-state index < -0.39 is 11.7 Å². The van der Waals surface area contributed by atoms with Crippen LogP contribution in [0.5, 0.6) is 0 Å². The second-order valence-electron chi connectivity index (χ2n) is 5.93. The van der Waals surface area contributed by atoms with Crippen LogP contribution in [0.25, 0.3) is 16.7 Å². The van der Waals surface area contributed by atoms with E-state index in [0.717, 1.165) is 46.4 Å². The number of halogens is 3. The van der Waals surface area contributed by atoms with Gasteiger partial charge in [0.25, 0.3) is 0 Å². The van der Waals surface area contributed by atoms with Crippen molar-refractivity contribution in [3.8, 4) is 5.82 Å². The molecule has 0 aliphatic carbocycles. The van der Waals surface area contributed by atoms with Crippen molar-refractivity contribution in [2.24, 2.45) is 0 Å². The van der Waals surface area contributed by atoms with Gasteiger partial charge in [-0.25, -0.2) is 9.67 Å². The van der Waals surface area contributed by atoms with Crippen LogP contribution in [0.3, 0.4) is 0 Å². The van der Waals surface area contributed by atoms with E-state index in [9.17, 15) is 13.2 Å². The number of para-hydroxylation sites is 1. The van der Waals surface area contributed by atoms with Crippen molar-refractivity contribution in [3.05, 3.63) is 60.7 Å². The smallest absolute Gasteiger partial charge is 0.324 e. The summed E-state index contributed by atoms with van der Waals surface area (Å²) in [4.78, 5) is 4.71. The standard InChI is InChI=1S/C18H15F3N6S.2C2H6/c1-2-26-17-12(9-23-26)4-3-5-15(17)25-28-14-10-24-27(11-14)16-8-13(6-7-22-16)18(19,20)21;2*1-2/h3-11,25H,2H2,1H3;2*1-2H3. The first kappa shape index (κ1) is 25.3. The third-order valence-electron chi connectivity index (χ3n) is 4.11. The van der Waals surface area contributed by atoms with Crippen LogP contribution in [0.4, 0.5) is 18.9 Å². The van der Waals surface area contributed by atoms with Gasteiger partial charge in [0, 0.05) is 24.3 Å². The highest BCUT2D eigenvalue weighted by molar-refractivity contribution is 8.00. The Balaban J connectivity index is 0.000000860. The zero-order chi connectivity index (χ0) is 23.7. The molecule has 10 heteroatoms. The van der Waals surface area contributed by atoms with Gasteiger partial charge in [0.1, 0.15) is 0 Å². The summed E-state index contributed by atoms with van der Waals surface area (Å²) in [5, 5.41) is 9.49. The zero-order valence-corrected chi connectivity index (χ0v) is 19.5. The second-order valence-corrected chi connectivity index (χ2v) is 6.81. The lowest BCUT2D eigenvalue weighted by Crippen LogP contribution is -2.07. The highest BCUT2D eigenvalue weighted by atomic mass is 32.2. The van der Waals surface area contributed by atoms with Crippen LogP contribution in [-0.4, -0.2) is 24.5 Å². The van der Waals surface area contributed by atoms with Crippen molar-refractivity contribution in [1.82, 2.24) is 24.5 Å². The number of benzene rings is 1. The first-order chi connectivity index (χ1) is 15.5. The summed E-state index contributed by atoms with van der Waals surface area (Å²) in [6.07, 6.45) is 1.70. The minimum Gasteiger partial charge on any atom is -0.324 e. The van der Waals surface area contributed by atoms with Crippen LogP contribution < -0.4 is 4.72 Å². The predicted octanol–water partition coefficient (Wildman–Crippen LogP) is 6.83. The number of rotatable bonds is 5. The fourth-order valence-corrected chi connectivity index (χ4v) is 3.43. The first-order valence-corrected chi connectivity index (χ1v) is 11.2. The van der Waals surface area contributed by atoms with Crippen LogP contribution in [-0.2, 0) is 12.7 Å². The fraction of sp³-hybridized carbons (Fsp3) is 0.318. The predicted molar refractivity (Wildman–Crippen MR) is 124 cm³/mol. The molecule has 4 rings (SSSR count). The van der Waals surface area contributed by atoms with Gasteiger partial charge in [0.2, 0.25) is 0 Å². The number of aromatic nitrogens is 5. The average molecular weight is 465 g/mol. The number of fused-ring (bicyclic) bond motifs is 1. The third-order valence-corrected chi connectivity index (χ3v) is 4.87. The maximum absolute atomic E-state index is 12.9. The molecule has 0 unspecified atom stereocenters. The minimum absolute atomic E-state index is 0.104. The summed E-state index contributed by atoms with van der Waals surface area (Å²) in [6.45, 7) is 10.8. The van der Waals surface area contributed by atoms with Gasteiger partial charge in [-0.1, -0.05) is 39.8 Å². The first-order valence-electron chi connectivity index (χ1n) is 10.4. The molecule has 0 aliphatic heterocycles. The molecule has 0 saturated carbocycles. The molecule has 172 valence electrons. The molecule has 0 fully saturated rings. The SMILES string of the molecule is CC.CC.CCn1ncc2cccc(NSc3cnn(-c4cc(C(F)(F)F)ccn4)c3)c21. The molecule has 3 aromatic heterocycles. The molecule has 0 aliphatic rings. The Morgan fingerprint density at radius 2 is 1.78 bits per heavy atom. The number of anilines is 1. The van der Waals surface area contributed by atoms with Gasteiger partial charge in [-0.15, -0.1) is 0 Å². The van der Waals surface area contributed by atoms with E-state index in [1.54, 1.807) is 12.4 Å². The molecule has 3 heterocycles. The van der Waals surface area contributed by atoms with Gasteiger partial charge in [-0.05, 0) is 37.1 Å². The summed E-state index contributed by atoms with van der Waals surface area (Å²) in [5.41, 5.74) is 1.12. The number of alkyl halides is 3. The molecule has 0 atom stereocenters. The summed E-state index contributed by atoms with van der Waals surface area (Å²) in [7, 11) is 0. The van der Waals surface area contributed by atoms with Crippen molar-refractivity contribution >= 4 is 28.5 Å². The second kappa shape index (κ2) is 11.6. The van der Waals surface area contributed by atoms with Gasteiger partial charge in [0.05, 0.1) is 34.1 Å². The van der Waals surface area contributed by atoms with Crippen molar-refractivity contribution in [3.63, 3.8) is 0 Å². The van der Waals surface area contributed by atoms with Crippen LogP contribution in [0.15, 0.2) is 60.0 Å². The molecule has 0 radical (unpaired) electrons. The van der Waals surface area contributed by atoms with E-state index in [1.165, 1.54) is 16.6 Å². The van der Waals surface area contributed by atoms with E-state index in [1.807, 2.05) is 63.7 Å². The van der Waals surface area contributed by atoms with Crippen molar-refractivity contribution in [1.29, 1.82) is 0 Å². The van der Waals surface area contributed by atoms with Crippen molar-refractivity contribution in [2.75, 3.05) is 4.72 Å². The van der Waals surface area contributed by atoms with Gasteiger partial charge >= 0.3 is 6.18 Å². The maximum atomic E-state index is 12.9. The number of nitrogens with zero attached hydrogens (tertiary/aromatic N) is 5. The largest absolute Gasteiger partial charge is 0.416 e. The van der Waals surface area contributed by atoms with Crippen LogP contribution in [0.2, 0.25) is 0 Å². The van der Waals surface area contributed by atoms with E-state index in [0.29, 0.717) is 0 Å². The van der Waals surface area contributed by atoms with E-state index in [2.05, 4.69) is 19.9 Å². The van der Waals surface area contributed by atoms with Crippen molar-refractivity contribution in [2.45, 2.75) is 52.2 Å². The zero-order valence-electron chi connectivity index (χ0n) is 18.7. The number of hydrogen-bond donors (Lipinski definition) is 1. The summed E-state index contributed by atoms with van der Waals surface area (Å²) in [5.74, 6) is 0.104. The van der Waals surface area contributed by atoms with E-state index in [-0.39, 0.29) is 5.82 Å². The van der Waals surface area contributed by atoms with Gasteiger partial charge < -0.3 is 4.72 Å². The molecule has 0 spiro atoms.